The van der Waals surface area contributed by atoms with Crippen LogP contribution in [-0.4, -0.2) is 10.9 Å². The van der Waals surface area contributed by atoms with Gasteiger partial charge in [0.1, 0.15) is 15.8 Å². The Bertz CT molecular complexity index is 807. The summed E-state index contributed by atoms with van der Waals surface area (Å²) in [5.74, 6) is 1.14. The molecule has 0 saturated heterocycles. The van der Waals surface area contributed by atoms with Crippen molar-refractivity contribution < 1.29 is 9.21 Å². The molecule has 0 aromatic carbocycles. The van der Waals surface area contributed by atoms with Crippen LogP contribution < -0.4 is 5.32 Å². The van der Waals surface area contributed by atoms with Gasteiger partial charge >= 0.3 is 0 Å². The van der Waals surface area contributed by atoms with Gasteiger partial charge in [-0.25, -0.2) is 4.98 Å². The number of nitrogens with zero attached hydrogens (tertiary/aromatic N) is 1. The number of thiazole rings is 1. The minimum atomic E-state index is -0.334. The van der Waals surface area contributed by atoms with Gasteiger partial charge in [-0.1, -0.05) is 23.2 Å². The summed E-state index contributed by atoms with van der Waals surface area (Å²) in [4.78, 5) is 16.4. The fraction of sp³-hybridized carbons (Fsp3) is 0.0769. The molecule has 108 valence electrons. The molecule has 21 heavy (non-hydrogen) atoms. The Morgan fingerprint density at radius 2 is 2.19 bits per heavy atom. The lowest BCUT2D eigenvalue weighted by Gasteiger charge is -1.99. The summed E-state index contributed by atoms with van der Waals surface area (Å²) >= 11 is 14.2. The van der Waals surface area contributed by atoms with Crippen molar-refractivity contribution in [3.05, 3.63) is 43.6 Å². The van der Waals surface area contributed by atoms with Gasteiger partial charge in [-0.2, -0.15) is 0 Å². The maximum absolute atomic E-state index is 12.1. The molecule has 0 atom stereocenters. The Morgan fingerprint density at radius 1 is 1.38 bits per heavy atom. The molecule has 1 N–H and O–H groups in total. The Balaban J connectivity index is 1.78. The lowest BCUT2D eigenvalue weighted by atomic mass is 10.3. The number of halogens is 2. The molecule has 0 aliphatic rings. The number of anilines is 1. The van der Waals surface area contributed by atoms with Gasteiger partial charge in [-0.3, -0.25) is 10.1 Å². The fourth-order valence-corrected chi connectivity index (χ4v) is 3.83. The van der Waals surface area contributed by atoms with Crippen LogP contribution in [0.25, 0.3) is 11.5 Å². The maximum atomic E-state index is 12.1. The van der Waals surface area contributed by atoms with Gasteiger partial charge in [0.05, 0.1) is 9.90 Å². The Hall–Kier alpha value is -1.34. The van der Waals surface area contributed by atoms with E-state index in [0.717, 1.165) is 17.1 Å². The van der Waals surface area contributed by atoms with Crippen LogP contribution in [0.5, 0.6) is 0 Å². The molecule has 0 saturated carbocycles. The van der Waals surface area contributed by atoms with E-state index in [9.17, 15) is 4.79 Å². The summed E-state index contributed by atoms with van der Waals surface area (Å²) in [5, 5.41) is 4.99. The number of aryl methyl sites for hydroxylation is 1. The van der Waals surface area contributed by atoms with Gasteiger partial charge in [0.15, 0.2) is 10.9 Å². The molecule has 0 fully saturated rings. The number of carbonyl (C=O) groups excluding carboxylic acids is 1. The van der Waals surface area contributed by atoms with Crippen molar-refractivity contribution >= 4 is 56.9 Å². The molecule has 0 bridgehead atoms. The molecule has 0 radical (unpaired) electrons. The number of amides is 1. The van der Waals surface area contributed by atoms with Crippen molar-refractivity contribution in [2.45, 2.75) is 6.92 Å². The van der Waals surface area contributed by atoms with Crippen molar-refractivity contribution in [1.82, 2.24) is 4.98 Å². The molecule has 0 unspecified atom stereocenters. The number of thiophene rings is 1. The molecule has 3 aromatic rings. The average Bonchev–Trinajstić information content (AvgIpc) is 3.10. The SMILES string of the molecule is Cc1ccc(-c2csc(NC(=O)c3cc(Cl)sc3Cl)n2)o1. The molecule has 8 heteroatoms. The molecule has 0 aliphatic carbocycles. The predicted octanol–water partition coefficient (Wildman–Crippen LogP) is 5.33. The second kappa shape index (κ2) is 5.81. The maximum Gasteiger partial charge on any atom is 0.259 e. The van der Waals surface area contributed by atoms with Crippen molar-refractivity contribution in [1.29, 1.82) is 0 Å². The number of aromatic nitrogens is 1. The smallest absolute Gasteiger partial charge is 0.259 e. The van der Waals surface area contributed by atoms with Gasteiger partial charge in [-0.05, 0) is 25.1 Å². The van der Waals surface area contributed by atoms with Crippen LogP contribution in [0.3, 0.4) is 0 Å². The van der Waals surface area contributed by atoms with Crippen LogP contribution in [0, 0.1) is 6.92 Å². The van der Waals surface area contributed by atoms with Gasteiger partial charge < -0.3 is 4.42 Å². The molecular formula is C13H8Cl2N2O2S2. The molecule has 4 nitrogen and oxygen atoms in total. The van der Waals surface area contributed by atoms with E-state index in [1.54, 1.807) is 0 Å². The Morgan fingerprint density at radius 3 is 2.81 bits per heavy atom. The zero-order valence-corrected chi connectivity index (χ0v) is 13.8. The van der Waals surface area contributed by atoms with E-state index in [0.29, 0.717) is 30.8 Å². The minimum Gasteiger partial charge on any atom is -0.460 e. The zero-order chi connectivity index (χ0) is 15.0. The van der Waals surface area contributed by atoms with Crippen LogP contribution in [0.4, 0.5) is 5.13 Å². The highest BCUT2D eigenvalue weighted by atomic mass is 35.5. The summed E-state index contributed by atoms with van der Waals surface area (Å²) in [6, 6.07) is 5.24. The van der Waals surface area contributed by atoms with E-state index in [4.69, 9.17) is 27.6 Å². The molecule has 3 aromatic heterocycles. The van der Waals surface area contributed by atoms with E-state index in [-0.39, 0.29) is 5.91 Å². The number of hydrogen-bond donors (Lipinski definition) is 1. The van der Waals surface area contributed by atoms with Crippen LogP contribution in [0.2, 0.25) is 8.67 Å². The highest BCUT2D eigenvalue weighted by molar-refractivity contribution is 7.20. The van der Waals surface area contributed by atoms with E-state index in [2.05, 4.69) is 10.3 Å². The Kier molecular flexibility index (Phi) is 4.03. The van der Waals surface area contributed by atoms with Crippen molar-refractivity contribution in [3.63, 3.8) is 0 Å². The van der Waals surface area contributed by atoms with Gasteiger partial charge in [0.2, 0.25) is 0 Å². The minimum absolute atomic E-state index is 0.334. The highest BCUT2D eigenvalue weighted by Crippen LogP contribution is 2.32. The number of hydrogen-bond acceptors (Lipinski definition) is 5. The second-order valence-corrected chi connectivity index (χ2v) is 7.28. The molecular weight excluding hydrogens is 351 g/mol. The molecule has 3 rings (SSSR count). The molecule has 3 heterocycles. The van der Waals surface area contributed by atoms with E-state index in [1.807, 2.05) is 24.4 Å². The topological polar surface area (TPSA) is 55.1 Å². The normalized spacial score (nSPS) is 10.8. The molecule has 0 spiro atoms. The third-order valence-corrected chi connectivity index (χ3v) is 4.86. The quantitative estimate of drug-likeness (QED) is 0.687. The van der Waals surface area contributed by atoms with E-state index in [1.165, 1.54) is 17.4 Å². The lowest BCUT2D eigenvalue weighted by molar-refractivity contribution is 0.102. The van der Waals surface area contributed by atoms with Crippen molar-refractivity contribution in [3.8, 4) is 11.5 Å². The molecule has 0 aliphatic heterocycles. The van der Waals surface area contributed by atoms with Crippen LogP contribution in [-0.2, 0) is 0 Å². The largest absolute Gasteiger partial charge is 0.460 e. The standard InChI is InChI=1S/C13H8Cl2N2O2S2/c1-6-2-3-9(19-6)8-5-20-13(16-8)17-12(18)7-4-10(14)21-11(7)15/h2-5H,1H3,(H,16,17,18). The average molecular weight is 359 g/mol. The summed E-state index contributed by atoms with van der Waals surface area (Å²) in [6.45, 7) is 1.86. The fourth-order valence-electron chi connectivity index (χ4n) is 1.68. The number of rotatable bonds is 3. The number of furan rings is 1. The van der Waals surface area contributed by atoms with Gasteiger partial charge in [0.25, 0.3) is 5.91 Å². The van der Waals surface area contributed by atoms with Gasteiger partial charge in [0, 0.05) is 5.38 Å². The monoisotopic (exact) mass is 358 g/mol. The first kappa shape index (κ1) is 14.6. The highest BCUT2D eigenvalue weighted by Gasteiger charge is 2.16. The first-order valence-corrected chi connectivity index (χ1v) is 8.26. The van der Waals surface area contributed by atoms with Crippen LogP contribution >= 0.6 is 45.9 Å². The first-order chi connectivity index (χ1) is 10.0. The van der Waals surface area contributed by atoms with Crippen LogP contribution in [0.15, 0.2) is 28.0 Å². The van der Waals surface area contributed by atoms with Crippen LogP contribution in [0.1, 0.15) is 16.1 Å². The summed E-state index contributed by atoms with van der Waals surface area (Å²) in [5.41, 5.74) is 1.02. The second-order valence-electron chi connectivity index (χ2n) is 4.14. The first-order valence-electron chi connectivity index (χ1n) is 5.81. The summed E-state index contributed by atoms with van der Waals surface area (Å²) in [7, 11) is 0. The lowest BCUT2D eigenvalue weighted by Crippen LogP contribution is -2.11. The third kappa shape index (κ3) is 3.13. The predicted molar refractivity (Wildman–Crippen MR) is 86.8 cm³/mol. The van der Waals surface area contributed by atoms with Gasteiger partial charge in [-0.15, -0.1) is 22.7 Å². The Labute approximate surface area is 138 Å². The van der Waals surface area contributed by atoms with E-state index >= 15 is 0 Å². The van der Waals surface area contributed by atoms with E-state index < -0.39 is 0 Å². The third-order valence-electron chi connectivity index (χ3n) is 2.62. The molecule has 1 amide bonds. The number of nitrogens with one attached hydrogen (secondary N) is 1. The zero-order valence-electron chi connectivity index (χ0n) is 10.6. The van der Waals surface area contributed by atoms with Crippen molar-refractivity contribution in [2.24, 2.45) is 0 Å². The summed E-state index contributed by atoms with van der Waals surface area (Å²) in [6.07, 6.45) is 0. The summed E-state index contributed by atoms with van der Waals surface area (Å²) < 4.78 is 6.32. The number of carbonyl (C=O) groups is 1. The van der Waals surface area contributed by atoms with Crippen molar-refractivity contribution in [2.75, 3.05) is 5.32 Å².